The Morgan fingerprint density at radius 1 is 0.592 bits per heavy atom. The largest absolute Gasteiger partial charge is 0.505 e. The first-order valence-corrected chi connectivity index (χ1v) is 16.0. The van der Waals surface area contributed by atoms with E-state index in [0.717, 1.165) is 67.1 Å². The van der Waals surface area contributed by atoms with Gasteiger partial charge >= 0.3 is 0 Å². The minimum atomic E-state index is 0. The zero-order valence-electron chi connectivity index (χ0n) is 26.5. The van der Waals surface area contributed by atoms with Crippen molar-refractivity contribution >= 4 is 50.2 Å². The Balaban J connectivity index is 0.00000348. The summed E-state index contributed by atoms with van der Waals surface area (Å²) in [6, 6.07) is 53.4. The molecule has 0 aliphatic carbocycles. The van der Waals surface area contributed by atoms with Gasteiger partial charge in [-0.1, -0.05) is 103 Å². The molecule has 6 heteroatoms. The summed E-state index contributed by atoms with van der Waals surface area (Å²) >= 11 is 0. The molecule has 0 fully saturated rings. The summed E-state index contributed by atoms with van der Waals surface area (Å²) < 4.78 is 0. The fourth-order valence-corrected chi connectivity index (χ4v) is 6.76. The number of aromatic nitrogens is 2. The Hall–Kier alpha value is -5.77. The quantitative estimate of drug-likeness (QED) is 0.142. The van der Waals surface area contributed by atoms with E-state index in [2.05, 4.69) is 120 Å². The van der Waals surface area contributed by atoms with Gasteiger partial charge in [-0.2, -0.15) is 0 Å². The Bertz CT molecular complexity index is 2500. The smallest absolute Gasteiger partial charge is 0.148 e. The monoisotopic (exact) mass is 812 g/mol. The molecule has 0 spiro atoms. The van der Waals surface area contributed by atoms with Gasteiger partial charge in [-0.3, -0.25) is 4.98 Å². The van der Waals surface area contributed by atoms with Gasteiger partial charge in [0.2, 0.25) is 0 Å². The van der Waals surface area contributed by atoms with Crippen LogP contribution in [0.1, 0.15) is 0 Å². The molecule has 5 nitrogen and oxygen atoms in total. The van der Waals surface area contributed by atoms with E-state index >= 15 is 0 Å². The van der Waals surface area contributed by atoms with Gasteiger partial charge in [-0.25, -0.2) is 4.98 Å². The van der Waals surface area contributed by atoms with Crippen LogP contribution in [0.15, 0.2) is 152 Å². The van der Waals surface area contributed by atoms with Crippen LogP contribution >= 0.6 is 0 Å². The summed E-state index contributed by atoms with van der Waals surface area (Å²) in [5, 5.41) is 13.9. The predicted octanol–water partition coefficient (Wildman–Crippen LogP) is 10.8. The molecule has 0 atom stereocenters. The SMILES string of the molecule is CN1c2ccc(-c3ccc4cc5ccccc5c(O)c4n3)[c-]c2N(c2cc(-c3ccc(-c4ccccc4)cc3)ccn2)c2ccccc21.[Pt]. The molecule has 2 aromatic heterocycles. The zero-order valence-corrected chi connectivity index (χ0v) is 28.8. The number of phenolic OH excluding ortho intramolecular Hbond substituents is 1. The number of rotatable bonds is 4. The van der Waals surface area contributed by atoms with Crippen molar-refractivity contribution in [1.29, 1.82) is 0 Å². The fraction of sp³-hybridized carbons (Fsp3) is 0.0233. The van der Waals surface area contributed by atoms with Crippen LogP contribution in [-0.4, -0.2) is 22.1 Å². The third-order valence-electron chi connectivity index (χ3n) is 9.23. The first-order valence-electron chi connectivity index (χ1n) is 16.0. The van der Waals surface area contributed by atoms with Crippen LogP contribution in [0.3, 0.4) is 0 Å². The van der Waals surface area contributed by atoms with Gasteiger partial charge < -0.3 is 14.9 Å². The van der Waals surface area contributed by atoms with E-state index in [9.17, 15) is 5.11 Å². The van der Waals surface area contributed by atoms with Gasteiger partial charge in [0.05, 0.1) is 11.4 Å². The number of pyridine rings is 2. The Morgan fingerprint density at radius 3 is 2.10 bits per heavy atom. The number of para-hydroxylation sites is 2. The van der Waals surface area contributed by atoms with Crippen LogP contribution in [-0.2, 0) is 21.1 Å². The van der Waals surface area contributed by atoms with Crippen molar-refractivity contribution in [1.82, 2.24) is 9.97 Å². The standard InChI is InChI=1S/C43H29N4O.Pt/c1-46-37-13-7-8-14-39(37)47(41-27-31(23-24-44-41)30-17-15-29(16-18-30)28-9-3-2-4-10-28)40-26-33(20-22-38(40)46)36-21-19-34-25-32-11-5-6-12-35(32)43(48)42(34)45-36;/h2-25,27,48H,1H3;/q-1;. The number of benzene rings is 6. The second-order valence-corrected chi connectivity index (χ2v) is 12.0. The molecule has 1 N–H and O–H groups in total. The molecule has 9 rings (SSSR count). The van der Waals surface area contributed by atoms with Gasteiger partial charge in [0, 0.05) is 45.1 Å². The third-order valence-corrected chi connectivity index (χ3v) is 9.23. The van der Waals surface area contributed by atoms with Gasteiger partial charge in [-0.15, -0.1) is 23.8 Å². The van der Waals surface area contributed by atoms with Crippen LogP contribution in [0.5, 0.6) is 5.75 Å². The first-order chi connectivity index (χ1) is 23.6. The van der Waals surface area contributed by atoms with Crippen molar-refractivity contribution in [3.05, 3.63) is 158 Å². The predicted molar refractivity (Wildman–Crippen MR) is 197 cm³/mol. The molecule has 0 amide bonds. The van der Waals surface area contributed by atoms with Crippen molar-refractivity contribution in [3.8, 4) is 39.3 Å². The summed E-state index contributed by atoms with van der Waals surface area (Å²) in [5.74, 6) is 0.987. The van der Waals surface area contributed by atoms with E-state index in [-0.39, 0.29) is 26.8 Å². The van der Waals surface area contributed by atoms with Crippen molar-refractivity contribution in [2.45, 2.75) is 0 Å². The molecule has 0 bridgehead atoms. The maximum atomic E-state index is 11.2. The van der Waals surface area contributed by atoms with Crippen LogP contribution in [0.25, 0.3) is 55.2 Å². The molecule has 6 aromatic carbocycles. The summed E-state index contributed by atoms with van der Waals surface area (Å²) in [7, 11) is 2.08. The summed E-state index contributed by atoms with van der Waals surface area (Å²) in [5.41, 5.74) is 10.7. The van der Waals surface area contributed by atoms with Crippen molar-refractivity contribution in [3.63, 3.8) is 0 Å². The van der Waals surface area contributed by atoms with Gasteiger partial charge in [0.15, 0.2) is 0 Å². The topological polar surface area (TPSA) is 52.5 Å². The minimum Gasteiger partial charge on any atom is -0.505 e. The van der Waals surface area contributed by atoms with E-state index in [4.69, 9.17) is 9.97 Å². The number of nitrogens with zero attached hydrogens (tertiary/aromatic N) is 4. The fourth-order valence-electron chi connectivity index (χ4n) is 6.76. The van der Waals surface area contributed by atoms with Gasteiger partial charge in [-0.05, 0) is 75.0 Å². The second kappa shape index (κ2) is 12.4. The van der Waals surface area contributed by atoms with E-state index in [1.165, 1.54) is 11.1 Å². The molecule has 49 heavy (non-hydrogen) atoms. The molecule has 0 saturated carbocycles. The second-order valence-electron chi connectivity index (χ2n) is 12.0. The molecule has 8 aromatic rings. The normalized spacial score (nSPS) is 12.0. The minimum absolute atomic E-state index is 0. The first kappa shape index (κ1) is 30.6. The number of fused-ring (bicyclic) bond motifs is 4. The molecule has 1 aliphatic rings. The maximum absolute atomic E-state index is 11.2. The van der Waals surface area contributed by atoms with Crippen molar-refractivity contribution in [2.24, 2.45) is 0 Å². The number of hydrogen-bond donors (Lipinski definition) is 1. The van der Waals surface area contributed by atoms with E-state index in [1.54, 1.807) is 0 Å². The number of aromatic hydroxyl groups is 1. The molecule has 3 heterocycles. The van der Waals surface area contributed by atoms with Crippen molar-refractivity contribution < 1.29 is 26.2 Å². The van der Waals surface area contributed by atoms with E-state index in [0.29, 0.717) is 5.52 Å². The molecule has 238 valence electrons. The zero-order chi connectivity index (χ0) is 32.2. The third kappa shape index (κ3) is 5.24. The Morgan fingerprint density at radius 2 is 1.29 bits per heavy atom. The van der Waals surface area contributed by atoms with Crippen LogP contribution in [0.4, 0.5) is 28.6 Å². The average molecular weight is 813 g/mol. The number of phenols is 1. The molecule has 0 unspecified atom stereocenters. The van der Waals surface area contributed by atoms with Crippen LogP contribution in [0.2, 0.25) is 0 Å². The Labute approximate surface area is 299 Å². The van der Waals surface area contributed by atoms with Crippen LogP contribution in [0, 0.1) is 6.07 Å². The molecule has 0 radical (unpaired) electrons. The van der Waals surface area contributed by atoms with Crippen molar-refractivity contribution in [2.75, 3.05) is 16.8 Å². The molecular weight excluding hydrogens is 784 g/mol. The van der Waals surface area contributed by atoms with E-state index < -0.39 is 0 Å². The number of hydrogen-bond acceptors (Lipinski definition) is 5. The average Bonchev–Trinajstić information content (AvgIpc) is 3.15. The molecular formula is C43H29N4OPt-. The van der Waals surface area contributed by atoms with Gasteiger partial charge in [0.25, 0.3) is 0 Å². The van der Waals surface area contributed by atoms with Gasteiger partial charge in [0.1, 0.15) is 17.1 Å². The summed E-state index contributed by atoms with van der Waals surface area (Å²) in [4.78, 5) is 14.2. The maximum Gasteiger partial charge on any atom is 0.148 e. The summed E-state index contributed by atoms with van der Waals surface area (Å²) in [6.45, 7) is 0. The Kier molecular flexibility index (Phi) is 7.70. The van der Waals surface area contributed by atoms with Crippen LogP contribution < -0.4 is 9.80 Å². The number of anilines is 5. The molecule has 0 saturated heterocycles. The van der Waals surface area contributed by atoms with E-state index in [1.807, 2.05) is 54.7 Å². The summed E-state index contributed by atoms with van der Waals surface area (Å²) in [6.07, 6.45) is 1.87. The molecule has 1 aliphatic heterocycles.